The number of carbonyl (C=O) groups is 1. The van der Waals surface area contributed by atoms with Crippen molar-refractivity contribution in [1.29, 1.82) is 0 Å². The van der Waals surface area contributed by atoms with Crippen LogP contribution in [0.25, 0.3) is 11.0 Å². The van der Waals surface area contributed by atoms with Crippen LogP contribution < -0.4 is 0 Å². The fraction of sp³-hybridized carbons (Fsp3) is 0.250. The predicted octanol–water partition coefficient (Wildman–Crippen LogP) is 0.566. The summed E-state index contributed by atoms with van der Waals surface area (Å²) in [5, 5.41) is 4.00. The smallest absolute Gasteiger partial charge is 0.196 e. The molecule has 0 aliphatic rings. The minimum atomic E-state index is -0.134. The minimum absolute atomic E-state index is 0.134. The molecule has 5 heteroatoms. The SMILES string of the molecule is CC(=O)c1ncc2c(cnn2C)n1. The molecule has 0 bridgehead atoms. The molecule has 2 aromatic rings. The third kappa shape index (κ3) is 1.18. The number of rotatable bonds is 1. The van der Waals surface area contributed by atoms with Crippen molar-refractivity contribution in [1.82, 2.24) is 19.7 Å². The predicted molar refractivity (Wildman–Crippen MR) is 46.3 cm³/mol. The first-order valence-corrected chi connectivity index (χ1v) is 3.84. The molecule has 5 nitrogen and oxygen atoms in total. The van der Waals surface area contributed by atoms with Crippen molar-refractivity contribution in [2.45, 2.75) is 6.92 Å². The average Bonchev–Trinajstić information content (AvgIpc) is 2.47. The van der Waals surface area contributed by atoms with Gasteiger partial charge < -0.3 is 0 Å². The van der Waals surface area contributed by atoms with Crippen molar-refractivity contribution < 1.29 is 4.79 Å². The summed E-state index contributed by atoms with van der Waals surface area (Å²) in [6.07, 6.45) is 3.22. The number of aryl methyl sites for hydroxylation is 1. The zero-order valence-electron chi connectivity index (χ0n) is 7.35. The van der Waals surface area contributed by atoms with Crippen LogP contribution in [0.4, 0.5) is 0 Å². The lowest BCUT2D eigenvalue weighted by Crippen LogP contribution is -2.00. The summed E-state index contributed by atoms with van der Waals surface area (Å²) in [6.45, 7) is 1.44. The zero-order valence-corrected chi connectivity index (χ0v) is 7.35. The third-order valence-corrected chi connectivity index (χ3v) is 1.81. The Bertz CT molecular complexity index is 474. The molecule has 0 amide bonds. The van der Waals surface area contributed by atoms with Crippen LogP contribution in [0.3, 0.4) is 0 Å². The van der Waals surface area contributed by atoms with Gasteiger partial charge in [0.25, 0.3) is 0 Å². The molecule has 2 aromatic heterocycles. The Balaban J connectivity index is 2.70. The molecule has 13 heavy (non-hydrogen) atoms. The van der Waals surface area contributed by atoms with Crippen LogP contribution in [0.15, 0.2) is 12.4 Å². The van der Waals surface area contributed by atoms with Crippen molar-refractivity contribution in [2.75, 3.05) is 0 Å². The summed E-state index contributed by atoms with van der Waals surface area (Å²) in [4.78, 5) is 18.9. The van der Waals surface area contributed by atoms with Crippen molar-refractivity contribution in [3.05, 3.63) is 18.2 Å². The van der Waals surface area contributed by atoms with Crippen LogP contribution in [0.1, 0.15) is 17.5 Å². The van der Waals surface area contributed by atoms with Gasteiger partial charge in [0.2, 0.25) is 0 Å². The Hall–Kier alpha value is -1.78. The van der Waals surface area contributed by atoms with Gasteiger partial charge in [-0.25, -0.2) is 9.97 Å². The third-order valence-electron chi connectivity index (χ3n) is 1.81. The molecule has 0 spiro atoms. The molecule has 2 rings (SSSR count). The first-order chi connectivity index (χ1) is 6.18. The summed E-state index contributed by atoms with van der Waals surface area (Å²) < 4.78 is 1.67. The number of fused-ring (bicyclic) bond motifs is 1. The first-order valence-electron chi connectivity index (χ1n) is 3.84. The van der Waals surface area contributed by atoms with E-state index in [1.54, 1.807) is 24.1 Å². The number of carbonyl (C=O) groups excluding carboxylic acids is 1. The van der Waals surface area contributed by atoms with E-state index < -0.39 is 0 Å². The summed E-state index contributed by atoms with van der Waals surface area (Å²) in [7, 11) is 1.80. The Kier molecular flexibility index (Phi) is 1.58. The lowest BCUT2D eigenvalue weighted by Gasteiger charge is -1.94. The Morgan fingerprint density at radius 3 is 2.92 bits per heavy atom. The molecule has 0 aliphatic carbocycles. The number of Topliss-reactive ketones (excluding diaryl/α,β-unsaturated/α-hetero) is 1. The molecule has 0 aromatic carbocycles. The molecular weight excluding hydrogens is 168 g/mol. The van der Waals surface area contributed by atoms with Gasteiger partial charge in [-0.2, -0.15) is 5.10 Å². The van der Waals surface area contributed by atoms with E-state index in [2.05, 4.69) is 15.1 Å². The summed E-state index contributed by atoms with van der Waals surface area (Å²) in [5.74, 6) is 0.103. The maximum Gasteiger partial charge on any atom is 0.196 e. The highest BCUT2D eigenvalue weighted by Gasteiger charge is 2.06. The standard InChI is InChI=1S/C8H8N4O/c1-5(13)8-9-4-7-6(11-8)3-10-12(7)2/h3-4H,1-2H3. The van der Waals surface area contributed by atoms with Crippen molar-refractivity contribution in [3.8, 4) is 0 Å². The topological polar surface area (TPSA) is 60.7 Å². The molecule has 0 atom stereocenters. The molecule has 0 radical (unpaired) electrons. The van der Waals surface area contributed by atoms with Crippen LogP contribution in [-0.2, 0) is 7.05 Å². The van der Waals surface area contributed by atoms with E-state index in [1.807, 2.05) is 0 Å². The number of hydrogen-bond acceptors (Lipinski definition) is 4. The summed E-state index contributed by atoms with van der Waals surface area (Å²) >= 11 is 0. The van der Waals surface area contributed by atoms with Gasteiger partial charge >= 0.3 is 0 Å². The average molecular weight is 176 g/mol. The van der Waals surface area contributed by atoms with Gasteiger partial charge in [0.1, 0.15) is 11.0 Å². The van der Waals surface area contributed by atoms with Gasteiger partial charge in [0, 0.05) is 14.0 Å². The molecule has 0 fully saturated rings. The number of hydrogen-bond donors (Lipinski definition) is 0. The normalized spacial score (nSPS) is 10.6. The monoisotopic (exact) mass is 176 g/mol. The van der Waals surface area contributed by atoms with E-state index in [1.165, 1.54) is 6.92 Å². The fourth-order valence-electron chi connectivity index (χ4n) is 1.11. The summed E-state index contributed by atoms with van der Waals surface area (Å²) in [5.41, 5.74) is 1.52. The van der Waals surface area contributed by atoms with Crippen LogP contribution in [-0.4, -0.2) is 25.5 Å². The highest BCUT2D eigenvalue weighted by atomic mass is 16.1. The lowest BCUT2D eigenvalue weighted by molar-refractivity contribution is 0.100. The molecule has 2 heterocycles. The minimum Gasteiger partial charge on any atom is -0.291 e. The van der Waals surface area contributed by atoms with E-state index >= 15 is 0 Å². The van der Waals surface area contributed by atoms with E-state index in [0.29, 0.717) is 5.52 Å². The maximum absolute atomic E-state index is 10.9. The van der Waals surface area contributed by atoms with Gasteiger partial charge in [0.05, 0.1) is 12.4 Å². The molecule has 0 saturated heterocycles. The second-order valence-corrected chi connectivity index (χ2v) is 2.79. The van der Waals surface area contributed by atoms with Crippen LogP contribution >= 0.6 is 0 Å². The second-order valence-electron chi connectivity index (χ2n) is 2.79. The highest BCUT2D eigenvalue weighted by Crippen LogP contribution is 2.08. The molecule has 0 saturated carbocycles. The second kappa shape index (κ2) is 2.62. The Labute approximate surface area is 74.4 Å². The number of ketones is 1. The summed E-state index contributed by atoms with van der Waals surface area (Å²) in [6, 6.07) is 0. The van der Waals surface area contributed by atoms with E-state index in [9.17, 15) is 4.79 Å². The molecule has 0 aliphatic heterocycles. The van der Waals surface area contributed by atoms with Gasteiger partial charge in [-0.15, -0.1) is 0 Å². The first kappa shape index (κ1) is 7.85. The van der Waals surface area contributed by atoms with Crippen molar-refractivity contribution >= 4 is 16.8 Å². The van der Waals surface area contributed by atoms with E-state index in [4.69, 9.17) is 0 Å². The highest BCUT2D eigenvalue weighted by molar-refractivity contribution is 5.91. The maximum atomic E-state index is 10.9. The Morgan fingerprint density at radius 2 is 2.23 bits per heavy atom. The number of aromatic nitrogens is 4. The molecule has 66 valence electrons. The number of nitrogens with zero attached hydrogens (tertiary/aromatic N) is 4. The van der Waals surface area contributed by atoms with Gasteiger partial charge in [0.15, 0.2) is 11.6 Å². The largest absolute Gasteiger partial charge is 0.291 e. The zero-order chi connectivity index (χ0) is 9.42. The molecule has 0 N–H and O–H groups in total. The van der Waals surface area contributed by atoms with Crippen molar-refractivity contribution in [3.63, 3.8) is 0 Å². The Morgan fingerprint density at radius 1 is 1.46 bits per heavy atom. The van der Waals surface area contributed by atoms with Gasteiger partial charge in [-0.05, 0) is 0 Å². The van der Waals surface area contributed by atoms with Crippen molar-refractivity contribution in [2.24, 2.45) is 7.05 Å². The van der Waals surface area contributed by atoms with Gasteiger partial charge in [-0.1, -0.05) is 0 Å². The van der Waals surface area contributed by atoms with Crippen LogP contribution in [0.2, 0.25) is 0 Å². The quantitative estimate of drug-likeness (QED) is 0.596. The van der Waals surface area contributed by atoms with Crippen LogP contribution in [0, 0.1) is 0 Å². The van der Waals surface area contributed by atoms with Crippen LogP contribution in [0.5, 0.6) is 0 Å². The van der Waals surface area contributed by atoms with E-state index in [0.717, 1.165) is 5.52 Å². The molecular formula is C8H8N4O. The van der Waals surface area contributed by atoms with E-state index in [-0.39, 0.29) is 11.6 Å². The molecule has 0 unspecified atom stereocenters. The van der Waals surface area contributed by atoms with Gasteiger partial charge in [-0.3, -0.25) is 9.48 Å². The fourth-order valence-corrected chi connectivity index (χ4v) is 1.11. The lowest BCUT2D eigenvalue weighted by atomic mass is 10.4.